The standard InChI is InChI=1S/C12H16ClFN2O2S.ClH/c13-11-6-9(3-4-12(11)14)8-19(17,18)16-10-2-1-5-15-7-10;/h3-4,6,10,15-16H,1-2,5,7-8H2;1H/t10-;/m1./s1. The third-order valence-electron chi connectivity index (χ3n) is 2.98. The van der Waals surface area contributed by atoms with E-state index in [1.54, 1.807) is 0 Å². The molecular formula is C12H17Cl2FN2O2S. The predicted octanol–water partition coefficient (Wildman–Crippen LogP) is 2.07. The quantitative estimate of drug-likeness (QED) is 0.880. The van der Waals surface area contributed by atoms with E-state index in [1.165, 1.54) is 18.2 Å². The van der Waals surface area contributed by atoms with Gasteiger partial charge in [-0.15, -0.1) is 12.4 Å². The van der Waals surface area contributed by atoms with E-state index in [-0.39, 0.29) is 29.2 Å². The largest absolute Gasteiger partial charge is 0.315 e. The number of nitrogens with one attached hydrogen (secondary N) is 2. The van der Waals surface area contributed by atoms with Gasteiger partial charge in [-0.3, -0.25) is 0 Å². The normalized spacial score (nSPS) is 19.4. The first-order valence-electron chi connectivity index (χ1n) is 6.11. The fraction of sp³-hybridized carbons (Fsp3) is 0.500. The minimum absolute atomic E-state index is 0. The van der Waals surface area contributed by atoms with E-state index in [2.05, 4.69) is 10.0 Å². The zero-order valence-electron chi connectivity index (χ0n) is 10.7. The average molecular weight is 343 g/mol. The second-order valence-electron chi connectivity index (χ2n) is 4.67. The monoisotopic (exact) mass is 342 g/mol. The van der Waals surface area contributed by atoms with Crippen LogP contribution in [0.3, 0.4) is 0 Å². The molecule has 1 aromatic carbocycles. The molecular weight excluding hydrogens is 326 g/mol. The lowest BCUT2D eigenvalue weighted by Crippen LogP contribution is -2.45. The topological polar surface area (TPSA) is 58.2 Å². The summed E-state index contributed by atoms with van der Waals surface area (Å²) in [6, 6.07) is 3.87. The van der Waals surface area contributed by atoms with Crippen LogP contribution in [0.15, 0.2) is 18.2 Å². The lowest BCUT2D eigenvalue weighted by Gasteiger charge is -2.23. The van der Waals surface area contributed by atoms with Crippen LogP contribution >= 0.6 is 24.0 Å². The lowest BCUT2D eigenvalue weighted by molar-refractivity contribution is 0.428. The van der Waals surface area contributed by atoms with Gasteiger partial charge in [0, 0.05) is 12.6 Å². The number of hydrogen-bond donors (Lipinski definition) is 2. The SMILES string of the molecule is Cl.O=S(=O)(Cc1ccc(F)c(Cl)c1)N[C@@H]1CCCNC1. The molecule has 1 aliphatic heterocycles. The smallest absolute Gasteiger partial charge is 0.216 e. The highest BCUT2D eigenvalue weighted by Crippen LogP contribution is 2.17. The Hall–Kier alpha value is -0.400. The Balaban J connectivity index is 0.00000200. The Morgan fingerprint density at radius 3 is 2.80 bits per heavy atom. The fourth-order valence-corrected chi connectivity index (χ4v) is 3.71. The van der Waals surface area contributed by atoms with Crippen LogP contribution in [0.2, 0.25) is 5.02 Å². The number of rotatable bonds is 4. The lowest BCUT2D eigenvalue weighted by atomic mass is 10.1. The maximum absolute atomic E-state index is 13.0. The van der Waals surface area contributed by atoms with Gasteiger partial charge in [-0.2, -0.15) is 0 Å². The Morgan fingerprint density at radius 2 is 2.20 bits per heavy atom. The first kappa shape index (κ1) is 17.7. The molecule has 8 heteroatoms. The van der Waals surface area contributed by atoms with Crippen LogP contribution in [-0.2, 0) is 15.8 Å². The van der Waals surface area contributed by atoms with Crippen LogP contribution in [0.5, 0.6) is 0 Å². The summed E-state index contributed by atoms with van der Waals surface area (Å²) in [6.45, 7) is 1.56. The summed E-state index contributed by atoms with van der Waals surface area (Å²) >= 11 is 5.63. The summed E-state index contributed by atoms with van der Waals surface area (Å²) in [7, 11) is -3.43. The Bertz CT molecular complexity index is 548. The van der Waals surface area contributed by atoms with Gasteiger partial charge < -0.3 is 5.32 Å². The van der Waals surface area contributed by atoms with E-state index >= 15 is 0 Å². The molecule has 1 aliphatic rings. The van der Waals surface area contributed by atoms with Crippen LogP contribution in [0.25, 0.3) is 0 Å². The van der Waals surface area contributed by atoms with Crippen molar-refractivity contribution < 1.29 is 12.8 Å². The Kier molecular flexibility index (Phi) is 6.68. The van der Waals surface area contributed by atoms with Crippen LogP contribution in [0.4, 0.5) is 4.39 Å². The van der Waals surface area contributed by atoms with Crippen molar-refractivity contribution in [2.45, 2.75) is 24.6 Å². The van der Waals surface area contributed by atoms with Crippen LogP contribution < -0.4 is 10.0 Å². The molecule has 0 unspecified atom stereocenters. The van der Waals surface area contributed by atoms with E-state index in [1.807, 2.05) is 0 Å². The number of sulfonamides is 1. The number of halogens is 3. The highest BCUT2D eigenvalue weighted by Gasteiger charge is 2.20. The van der Waals surface area contributed by atoms with E-state index < -0.39 is 15.8 Å². The maximum Gasteiger partial charge on any atom is 0.216 e. The van der Waals surface area contributed by atoms with Crippen molar-refractivity contribution in [1.82, 2.24) is 10.0 Å². The van der Waals surface area contributed by atoms with Gasteiger partial charge in [0.1, 0.15) is 5.82 Å². The molecule has 114 valence electrons. The van der Waals surface area contributed by atoms with Gasteiger partial charge in [-0.05, 0) is 37.1 Å². The molecule has 0 saturated carbocycles. The second-order valence-corrected chi connectivity index (χ2v) is 6.83. The molecule has 2 rings (SSSR count). The highest BCUT2D eigenvalue weighted by atomic mass is 35.5. The Morgan fingerprint density at radius 1 is 1.45 bits per heavy atom. The predicted molar refractivity (Wildman–Crippen MR) is 80.3 cm³/mol. The highest BCUT2D eigenvalue weighted by molar-refractivity contribution is 7.88. The molecule has 1 heterocycles. The van der Waals surface area contributed by atoms with Crippen molar-refractivity contribution in [2.24, 2.45) is 0 Å². The van der Waals surface area contributed by atoms with Gasteiger partial charge in [-0.1, -0.05) is 17.7 Å². The van der Waals surface area contributed by atoms with Crippen molar-refractivity contribution in [1.29, 1.82) is 0 Å². The second kappa shape index (κ2) is 7.56. The summed E-state index contributed by atoms with van der Waals surface area (Å²) in [5.74, 6) is -0.740. The first-order chi connectivity index (χ1) is 8.96. The van der Waals surface area contributed by atoms with Gasteiger partial charge >= 0.3 is 0 Å². The summed E-state index contributed by atoms with van der Waals surface area (Å²) in [5.41, 5.74) is 0.475. The van der Waals surface area contributed by atoms with Crippen molar-refractivity contribution in [3.8, 4) is 0 Å². The molecule has 1 saturated heterocycles. The molecule has 0 bridgehead atoms. The van der Waals surface area contributed by atoms with E-state index in [0.717, 1.165) is 19.4 Å². The summed E-state index contributed by atoms with van der Waals surface area (Å²) in [4.78, 5) is 0. The molecule has 0 aliphatic carbocycles. The van der Waals surface area contributed by atoms with E-state index in [4.69, 9.17) is 11.6 Å². The van der Waals surface area contributed by atoms with Gasteiger partial charge in [-0.25, -0.2) is 17.5 Å². The average Bonchev–Trinajstić information content (AvgIpc) is 2.34. The molecule has 1 atom stereocenters. The van der Waals surface area contributed by atoms with Gasteiger partial charge in [0.05, 0.1) is 10.8 Å². The van der Waals surface area contributed by atoms with E-state index in [0.29, 0.717) is 12.1 Å². The third-order valence-corrected chi connectivity index (χ3v) is 4.68. The van der Waals surface area contributed by atoms with Crippen LogP contribution in [0.1, 0.15) is 18.4 Å². The number of piperidine rings is 1. The van der Waals surface area contributed by atoms with Gasteiger partial charge in [0.2, 0.25) is 10.0 Å². The summed E-state index contributed by atoms with van der Waals surface area (Å²) in [5, 5.41) is 3.08. The molecule has 20 heavy (non-hydrogen) atoms. The van der Waals surface area contributed by atoms with Gasteiger partial charge in [0.25, 0.3) is 0 Å². The minimum Gasteiger partial charge on any atom is -0.315 e. The zero-order chi connectivity index (χ0) is 13.9. The molecule has 1 fully saturated rings. The van der Waals surface area contributed by atoms with Crippen molar-refractivity contribution in [3.63, 3.8) is 0 Å². The molecule has 1 aromatic rings. The fourth-order valence-electron chi connectivity index (χ4n) is 2.10. The van der Waals surface area contributed by atoms with Crippen LogP contribution in [0, 0.1) is 5.82 Å². The Labute approximate surface area is 129 Å². The molecule has 0 spiro atoms. The van der Waals surface area contributed by atoms with Crippen molar-refractivity contribution in [2.75, 3.05) is 13.1 Å². The van der Waals surface area contributed by atoms with Gasteiger partial charge in [0.15, 0.2) is 0 Å². The van der Waals surface area contributed by atoms with Crippen molar-refractivity contribution >= 4 is 34.0 Å². The summed E-state index contributed by atoms with van der Waals surface area (Å²) in [6.07, 6.45) is 1.78. The number of hydrogen-bond acceptors (Lipinski definition) is 3. The molecule has 0 amide bonds. The maximum atomic E-state index is 13.0. The molecule has 0 aromatic heterocycles. The number of benzene rings is 1. The summed E-state index contributed by atoms with van der Waals surface area (Å²) < 4.78 is 39.6. The third kappa shape index (κ3) is 5.18. The van der Waals surface area contributed by atoms with Crippen molar-refractivity contribution in [3.05, 3.63) is 34.6 Å². The first-order valence-corrected chi connectivity index (χ1v) is 8.14. The zero-order valence-corrected chi connectivity index (χ0v) is 13.1. The van der Waals surface area contributed by atoms with Crippen LogP contribution in [-0.4, -0.2) is 27.5 Å². The molecule has 2 N–H and O–H groups in total. The molecule has 4 nitrogen and oxygen atoms in total. The minimum atomic E-state index is -3.43. The van der Waals surface area contributed by atoms with E-state index in [9.17, 15) is 12.8 Å². The molecule has 0 radical (unpaired) electrons.